The van der Waals surface area contributed by atoms with Crippen LogP contribution < -0.4 is 21.3 Å². The van der Waals surface area contributed by atoms with Crippen LogP contribution >= 0.6 is 0 Å². The Kier molecular flexibility index (Phi) is 15.3. The Hall–Kier alpha value is -4.13. The van der Waals surface area contributed by atoms with E-state index in [1.54, 1.807) is 6.92 Å². The fraction of sp³-hybridized carbons (Fsp3) is 0.575. The second-order valence-electron chi connectivity index (χ2n) is 15.0. The molecule has 0 spiro atoms. The van der Waals surface area contributed by atoms with Gasteiger partial charge in [-0.1, -0.05) is 88.4 Å². The van der Waals surface area contributed by atoms with Gasteiger partial charge in [-0.2, -0.15) is 0 Å². The molecule has 2 fully saturated rings. The number of ketones is 1. The molecule has 0 bridgehead atoms. The van der Waals surface area contributed by atoms with Gasteiger partial charge in [0.2, 0.25) is 23.6 Å². The minimum Gasteiger partial charge on any atom is -0.379 e. The second-order valence-corrected chi connectivity index (χ2v) is 15.0. The van der Waals surface area contributed by atoms with Crippen molar-refractivity contribution in [2.24, 2.45) is 11.8 Å². The molecule has 12 heteroatoms. The Bertz CT molecular complexity index is 1480. The lowest BCUT2D eigenvalue weighted by molar-refractivity contribution is -0.135. The quantitative estimate of drug-likeness (QED) is 0.152. The topological polar surface area (TPSA) is 158 Å². The summed E-state index contributed by atoms with van der Waals surface area (Å²) in [6.45, 7) is 12.3. The summed E-state index contributed by atoms with van der Waals surface area (Å²) in [4.78, 5) is 70.5. The van der Waals surface area contributed by atoms with E-state index in [0.29, 0.717) is 58.6 Å². The molecule has 2 heterocycles. The van der Waals surface area contributed by atoms with E-state index < -0.39 is 47.5 Å². The molecule has 52 heavy (non-hydrogen) atoms. The second kappa shape index (κ2) is 19.6. The minimum absolute atomic E-state index is 0.0171. The zero-order valence-corrected chi connectivity index (χ0v) is 31.3. The van der Waals surface area contributed by atoms with E-state index >= 15 is 0 Å². The van der Waals surface area contributed by atoms with E-state index in [1.165, 1.54) is 0 Å². The molecule has 5 atom stereocenters. The van der Waals surface area contributed by atoms with Gasteiger partial charge in [0, 0.05) is 19.5 Å². The SMILES string of the molecule is CC(C)CC(NC(=O)C(CCc1ccccc1)NC(=O)CN1CCOCC1)C(=O)NC(Cc1ccccc1)C(=O)NC(CC(C)C)C(=O)[C@@]1(C)CO1. The van der Waals surface area contributed by atoms with Crippen LogP contribution in [0.25, 0.3) is 0 Å². The van der Waals surface area contributed by atoms with Crippen LogP contribution in [0, 0.1) is 11.8 Å². The van der Waals surface area contributed by atoms with Crippen LogP contribution in [0.2, 0.25) is 0 Å². The Morgan fingerprint density at radius 3 is 1.77 bits per heavy atom. The van der Waals surface area contributed by atoms with Crippen LogP contribution in [0.4, 0.5) is 0 Å². The third kappa shape index (κ3) is 13.1. The third-order valence-corrected chi connectivity index (χ3v) is 9.38. The molecule has 2 saturated heterocycles. The van der Waals surface area contributed by atoms with Gasteiger partial charge in [0.15, 0.2) is 5.78 Å². The van der Waals surface area contributed by atoms with Gasteiger partial charge in [-0.15, -0.1) is 0 Å². The average Bonchev–Trinajstić information content (AvgIpc) is 3.87. The molecular formula is C40H57N5O7. The van der Waals surface area contributed by atoms with Crippen LogP contribution in [0.15, 0.2) is 60.7 Å². The number of amides is 4. The van der Waals surface area contributed by atoms with Crippen molar-refractivity contribution in [3.8, 4) is 0 Å². The zero-order chi connectivity index (χ0) is 37.7. The van der Waals surface area contributed by atoms with Crippen molar-refractivity contribution in [3.63, 3.8) is 0 Å². The number of nitrogens with one attached hydrogen (secondary N) is 4. The first-order valence-electron chi connectivity index (χ1n) is 18.6. The lowest BCUT2D eigenvalue weighted by Crippen LogP contribution is -2.59. The summed E-state index contributed by atoms with van der Waals surface area (Å²) in [5.41, 5.74) is 0.915. The lowest BCUT2D eigenvalue weighted by atomic mass is 9.93. The largest absolute Gasteiger partial charge is 0.379 e. The van der Waals surface area contributed by atoms with E-state index in [0.717, 1.165) is 11.1 Å². The summed E-state index contributed by atoms with van der Waals surface area (Å²) in [7, 11) is 0. The van der Waals surface area contributed by atoms with Crippen molar-refractivity contribution in [1.82, 2.24) is 26.2 Å². The summed E-state index contributed by atoms with van der Waals surface area (Å²) in [5.74, 6) is -1.83. The van der Waals surface area contributed by atoms with Crippen molar-refractivity contribution in [1.29, 1.82) is 0 Å². The molecule has 0 radical (unpaired) electrons. The van der Waals surface area contributed by atoms with Gasteiger partial charge in [-0.3, -0.25) is 28.9 Å². The number of ether oxygens (including phenoxy) is 2. The van der Waals surface area contributed by atoms with Crippen molar-refractivity contribution in [2.75, 3.05) is 39.5 Å². The van der Waals surface area contributed by atoms with Gasteiger partial charge in [-0.25, -0.2) is 0 Å². The number of nitrogens with zero attached hydrogens (tertiary/aromatic N) is 1. The molecular weight excluding hydrogens is 662 g/mol. The molecule has 4 amide bonds. The molecule has 0 aliphatic carbocycles. The third-order valence-electron chi connectivity index (χ3n) is 9.38. The monoisotopic (exact) mass is 719 g/mol. The minimum atomic E-state index is -1.03. The molecule has 2 aromatic carbocycles. The number of carbonyl (C=O) groups is 5. The number of morpholine rings is 1. The highest BCUT2D eigenvalue weighted by Crippen LogP contribution is 2.29. The molecule has 2 aliphatic heterocycles. The lowest BCUT2D eigenvalue weighted by Gasteiger charge is -2.29. The van der Waals surface area contributed by atoms with E-state index in [4.69, 9.17) is 9.47 Å². The van der Waals surface area contributed by atoms with Gasteiger partial charge < -0.3 is 30.7 Å². The Morgan fingerprint density at radius 2 is 1.19 bits per heavy atom. The maximum atomic E-state index is 14.1. The normalized spacial score (nSPS) is 19.6. The number of hydrogen-bond donors (Lipinski definition) is 4. The van der Waals surface area contributed by atoms with Crippen molar-refractivity contribution >= 4 is 29.4 Å². The molecule has 12 nitrogen and oxygen atoms in total. The van der Waals surface area contributed by atoms with E-state index in [2.05, 4.69) is 21.3 Å². The molecule has 0 saturated carbocycles. The summed E-state index contributed by atoms with van der Waals surface area (Å²) in [6.07, 6.45) is 1.76. The number of Topliss-reactive ketones (excluding diaryl/α,β-unsaturated/α-hetero) is 1. The van der Waals surface area contributed by atoms with Gasteiger partial charge in [0.1, 0.15) is 23.7 Å². The highest BCUT2D eigenvalue weighted by molar-refractivity contribution is 5.98. The first kappa shape index (κ1) is 40.6. The molecule has 2 aliphatic rings. The first-order valence-corrected chi connectivity index (χ1v) is 18.6. The van der Waals surface area contributed by atoms with Crippen molar-refractivity contribution < 1.29 is 33.4 Å². The Balaban J connectivity index is 1.51. The number of aryl methyl sites for hydroxylation is 1. The molecule has 0 aromatic heterocycles. The standard InChI is InChI=1S/C40H57N5O7/c1-27(2)22-32(36(47)40(5)26-52-40)42-39(50)34(24-30-14-10-7-11-15-30)44-38(49)33(23-28(3)4)43-37(48)31(17-16-29-12-8-6-9-13-29)41-35(46)25-45-18-20-51-21-19-45/h6-15,27-28,31-34H,16-26H2,1-5H3,(H,41,46)(H,42,50)(H,43,48)(H,44,49)/t31?,32?,33?,34?,40-/m1/s1. The van der Waals surface area contributed by atoms with E-state index in [1.807, 2.05) is 93.3 Å². The number of hydrogen-bond acceptors (Lipinski definition) is 8. The number of rotatable bonds is 20. The smallest absolute Gasteiger partial charge is 0.243 e. The van der Waals surface area contributed by atoms with Crippen LogP contribution in [0.5, 0.6) is 0 Å². The Morgan fingerprint density at radius 1 is 0.692 bits per heavy atom. The number of carbonyl (C=O) groups excluding carboxylic acids is 5. The fourth-order valence-electron chi connectivity index (χ4n) is 6.33. The predicted octanol–water partition coefficient (Wildman–Crippen LogP) is 2.58. The van der Waals surface area contributed by atoms with Gasteiger partial charge in [0.25, 0.3) is 0 Å². The number of epoxide rings is 1. The van der Waals surface area contributed by atoms with Crippen LogP contribution in [0.3, 0.4) is 0 Å². The predicted molar refractivity (Wildman–Crippen MR) is 198 cm³/mol. The van der Waals surface area contributed by atoms with E-state index in [9.17, 15) is 24.0 Å². The molecule has 284 valence electrons. The van der Waals surface area contributed by atoms with Crippen LogP contribution in [-0.4, -0.2) is 104 Å². The van der Waals surface area contributed by atoms with Gasteiger partial charge in [0.05, 0.1) is 32.4 Å². The molecule has 2 aromatic rings. The van der Waals surface area contributed by atoms with E-state index in [-0.39, 0.29) is 36.5 Å². The maximum Gasteiger partial charge on any atom is 0.243 e. The molecule has 4 rings (SSSR count). The summed E-state index contributed by atoms with van der Waals surface area (Å²) >= 11 is 0. The number of benzene rings is 2. The summed E-state index contributed by atoms with van der Waals surface area (Å²) < 4.78 is 10.8. The average molecular weight is 720 g/mol. The first-order chi connectivity index (χ1) is 24.8. The van der Waals surface area contributed by atoms with Crippen molar-refractivity contribution in [3.05, 3.63) is 71.8 Å². The summed E-state index contributed by atoms with van der Waals surface area (Å²) in [5, 5.41) is 11.7. The highest BCUT2D eigenvalue weighted by Gasteiger charge is 2.50. The van der Waals surface area contributed by atoms with Crippen LogP contribution in [-0.2, 0) is 46.3 Å². The molecule has 4 unspecified atom stereocenters. The van der Waals surface area contributed by atoms with Crippen molar-refractivity contribution in [2.45, 2.75) is 96.5 Å². The van der Waals surface area contributed by atoms with Gasteiger partial charge in [-0.05, 0) is 55.6 Å². The summed E-state index contributed by atoms with van der Waals surface area (Å²) in [6, 6.07) is 15.3. The van der Waals surface area contributed by atoms with Crippen LogP contribution in [0.1, 0.15) is 65.0 Å². The Labute approximate surface area is 308 Å². The molecule has 4 N–H and O–H groups in total. The van der Waals surface area contributed by atoms with Gasteiger partial charge >= 0.3 is 0 Å². The maximum absolute atomic E-state index is 14.1. The fourth-order valence-corrected chi connectivity index (χ4v) is 6.33. The highest BCUT2D eigenvalue weighted by atomic mass is 16.6. The zero-order valence-electron chi connectivity index (χ0n) is 31.3.